The van der Waals surface area contributed by atoms with Gasteiger partial charge in [-0.2, -0.15) is 0 Å². The predicted octanol–water partition coefficient (Wildman–Crippen LogP) is 3.15. The smallest absolute Gasteiger partial charge is 0.338 e. The van der Waals surface area contributed by atoms with Crippen molar-refractivity contribution in [3.05, 3.63) is 31.3 Å². The van der Waals surface area contributed by atoms with Crippen LogP contribution in [-0.2, 0) is 4.74 Å². The molecule has 0 fully saturated rings. The zero-order valence-corrected chi connectivity index (χ0v) is 11.0. The van der Waals surface area contributed by atoms with Gasteiger partial charge in [-0.3, -0.25) is 0 Å². The van der Waals surface area contributed by atoms with Gasteiger partial charge >= 0.3 is 5.97 Å². The maximum absolute atomic E-state index is 11.3. The van der Waals surface area contributed by atoms with Gasteiger partial charge in [0.25, 0.3) is 0 Å². The van der Waals surface area contributed by atoms with Crippen LogP contribution in [0.25, 0.3) is 0 Å². The summed E-state index contributed by atoms with van der Waals surface area (Å²) in [6.45, 7) is 1.88. The highest BCUT2D eigenvalue weighted by Gasteiger charge is 2.11. The molecule has 1 aromatic rings. The fourth-order valence-electron chi connectivity index (χ4n) is 0.968. The van der Waals surface area contributed by atoms with E-state index in [2.05, 4.69) is 43.3 Å². The maximum Gasteiger partial charge on any atom is 0.338 e. The van der Waals surface area contributed by atoms with Gasteiger partial charge in [0.1, 0.15) is 0 Å². The summed E-state index contributed by atoms with van der Waals surface area (Å²) in [6, 6.07) is 3.77. The second-order valence-corrected chi connectivity index (χ2v) is 4.65. The molecule has 0 spiro atoms. The van der Waals surface area contributed by atoms with Crippen LogP contribution in [0.1, 0.15) is 15.9 Å². The van der Waals surface area contributed by atoms with E-state index >= 15 is 0 Å². The van der Waals surface area contributed by atoms with Crippen LogP contribution in [0.2, 0.25) is 0 Å². The first-order valence-electron chi connectivity index (χ1n) is 3.60. The lowest BCUT2D eigenvalue weighted by molar-refractivity contribution is 0.0599. The molecule has 0 aliphatic rings. The third kappa shape index (κ3) is 2.43. The molecule has 2 nitrogen and oxygen atoms in total. The van der Waals surface area contributed by atoms with Gasteiger partial charge < -0.3 is 4.74 Å². The Kier molecular flexibility index (Phi) is 3.73. The van der Waals surface area contributed by atoms with E-state index in [9.17, 15) is 4.79 Å². The van der Waals surface area contributed by atoms with Crippen LogP contribution in [-0.4, -0.2) is 13.1 Å². The van der Waals surface area contributed by atoms with Gasteiger partial charge in [-0.15, -0.1) is 0 Å². The molecule has 13 heavy (non-hydrogen) atoms. The Bertz CT molecular complexity index is 350. The van der Waals surface area contributed by atoms with E-state index in [1.54, 1.807) is 0 Å². The highest BCUT2D eigenvalue weighted by atomic mass is 127. The Balaban J connectivity index is 3.28. The third-order valence-electron chi connectivity index (χ3n) is 1.71. The van der Waals surface area contributed by atoms with Crippen molar-refractivity contribution in [3.8, 4) is 0 Å². The first kappa shape index (κ1) is 11.0. The fourth-order valence-corrected chi connectivity index (χ4v) is 2.48. The number of hydrogen-bond donors (Lipinski definition) is 0. The Morgan fingerprint density at radius 3 is 2.69 bits per heavy atom. The molecule has 0 atom stereocenters. The summed E-state index contributed by atoms with van der Waals surface area (Å²) in [5, 5.41) is 0. The summed E-state index contributed by atoms with van der Waals surface area (Å²) in [7, 11) is 1.38. The predicted molar refractivity (Wildman–Crippen MR) is 62.9 cm³/mol. The molecule has 0 bridgehead atoms. The highest BCUT2D eigenvalue weighted by molar-refractivity contribution is 14.1. The van der Waals surface area contributed by atoms with Crippen molar-refractivity contribution in [3.63, 3.8) is 0 Å². The van der Waals surface area contributed by atoms with Gasteiger partial charge in [0.2, 0.25) is 0 Å². The summed E-state index contributed by atoms with van der Waals surface area (Å²) in [6.07, 6.45) is 0. The minimum atomic E-state index is -0.295. The fraction of sp³-hybridized carbons (Fsp3) is 0.222. The monoisotopic (exact) mass is 354 g/mol. The van der Waals surface area contributed by atoms with Crippen LogP contribution in [0.3, 0.4) is 0 Å². The zero-order chi connectivity index (χ0) is 10.0. The standard InChI is InChI=1S/C9H8BrIO2/c1-5-7(9(12)13-2)3-6(11)4-8(5)10/h3-4H,1-2H3. The Labute approximate surface area is 98.9 Å². The van der Waals surface area contributed by atoms with Crippen LogP contribution in [0.15, 0.2) is 16.6 Å². The van der Waals surface area contributed by atoms with Crippen LogP contribution in [0.5, 0.6) is 0 Å². The van der Waals surface area contributed by atoms with E-state index in [0.29, 0.717) is 5.56 Å². The second-order valence-electron chi connectivity index (χ2n) is 2.55. The summed E-state index contributed by atoms with van der Waals surface area (Å²) in [5.41, 5.74) is 1.52. The van der Waals surface area contributed by atoms with Crippen LogP contribution >= 0.6 is 38.5 Å². The maximum atomic E-state index is 11.3. The summed E-state index contributed by atoms with van der Waals surface area (Å²) in [4.78, 5) is 11.3. The van der Waals surface area contributed by atoms with Crippen molar-refractivity contribution in [2.75, 3.05) is 7.11 Å². The van der Waals surface area contributed by atoms with E-state index in [1.807, 2.05) is 19.1 Å². The third-order valence-corrected chi connectivity index (χ3v) is 3.16. The number of carbonyl (C=O) groups excluding carboxylic acids is 1. The Hall–Kier alpha value is -0.100. The number of esters is 1. The summed E-state index contributed by atoms with van der Waals surface area (Å²) >= 11 is 5.54. The molecule has 1 aromatic carbocycles. The van der Waals surface area contributed by atoms with E-state index in [-0.39, 0.29) is 5.97 Å². The minimum Gasteiger partial charge on any atom is -0.465 e. The molecule has 0 radical (unpaired) electrons. The van der Waals surface area contributed by atoms with Gasteiger partial charge in [0.15, 0.2) is 0 Å². The van der Waals surface area contributed by atoms with E-state index < -0.39 is 0 Å². The molecule has 0 heterocycles. The number of ether oxygens (including phenoxy) is 1. The molecule has 4 heteroatoms. The normalized spacial score (nSPS) is 9.85. The van der Waals surface area contributed by atoms with Crippen molar-refractivity contribution in [1.82, 2.24) is 0 Å². The lowest BCUT2D eigenvalue weighted by Crippen LogP contribution is -2.04. The average molecular weight is 355 g/mol. The SMILES string of the molecule is COC(=O)c1cc(I)cc(Br)c1C. The topological polar surface area (TPSA) is 26.3 Å². The molecular formula is C9H8BrIO2. The van der Waals surface area contributed by atoms with Gasteiger partial charge in [0.05, 0.1) is 12.7 Å². The van der Waals surface area contributed by atoms with Crippen molar-refractivity contribution < 1.29 is 9.53 Å². The zero-order valence-electron chi connectivity index (χ0n) is 7.23. The van der Waals surface area contributed by atoms with Crippen molar-refractivity contribution in [2.24, 2.45) is 0 Å². The van der Waals surface area contributed by atoms with Gasteiger partial charge in [-0.05, 0) is 47.2 Å². The summed E-state index contributed by atoms with van der Waals surface area (Å²) < 4.78 is 6.60. The van der Waals surface area contributed by atoms with Crippen molar-refractivity contribution in [2.45, 2.75) is 6.92 Å². The number of carbonyl (C=O) groups is 1. The quantitative estimate of drug-likeness (QED) is 0.572. The summed E-state index contributed by atoms with van der Waals surface area (Å²) in [5.74, 6) is -0.295. The molecule has 0 saturated carbocycles. The molecule has 0 saturated heterocycles. The first-order chi connectivity index (χ1) is 6.06. The molecule has 0 amide bonds. The molecule has 1 rings (SSSR count). The lowest BCUT2D eigenvalue weighted by atomic mass is 10.1. The number of hydrogen-bond acceptors (Lipinski definition) is 2. The molecule has 70 valence electrons. The Morgan fingerprint density at radius 1 is 1.54 bits per heavy atom. The molecular weight excluding hydrogens is 347 g/mol. The van der Waals surface area contributed by atoms with Crippen molar-refractivity contribution in [1.29, 1.82) is 0 Å². The molecule has 0 unspecified atom stereocenters. The lowest BCUT2D eigenvalue weighted by Gasteiger charge is -2.06. The highest BCUT2D eigenvalue weighted by Crippen LogP contribution is 2.23. The minimum absolute atomic E-state index is 0.295. The number of benzene rings is 1. The Morgan fingerprint density at radius 2 is 2.15 bits per heavy atom. The number of methoxy groups -OCH3 is 1. The van der Waals surface area contributed by atoms with Crippen LogP contribution < -0.4 is 0 Å². The average Bonchev–Trinajstić information content (AvgIpc) is 2.10. The van der Waals surface area contributed by atoms with Gasteiger partial charge in [-0.1, -0.05) is 15.9 Å². The molecule has 0 aliphatic carbocycles. The second kappa shape index (κ2) is 4.41. The van der Waals surface area contributed by atoms with E-state index in [4.69, 9.17) is 0 Å². The van der Waals surface area contributed by atoms with Crippen LogP contribution in [0, 0.1) is 10.5 Å². The van der Waals surface area contributed by atoms with Crippen molar-refractivity contribution >= 4 is 44.5 Å². The van der Waals surface area contributed by atoms with Gasteiger partial charge in [0, 0.05) is 8.04 Å². The first-order valence-corrected chi connectivity index (χ1v) is 5.47. The molecule has 0 N–H and O–H groups in total. The largest absolute Gasteiger partial charge is 0.465 e. The molecule has 0 aromatic heterocycles. The van der Waals surface area contributed by atoms with E-state index in [1.165, 1.54) is 7.11 Å². The van der Waals surface area contributed by atoms with Crippen LogP contribution in [0.4, 0.5) is 0 Å². The van der Waals surface area contributed by atoms with Gasteiger partial charge in [-0.25, -0.2) is 4.79 Å². The number of halogens is 2. The number of rotatable bonds is 1. The van der Waals surface area contributed by atoms with E-state index in [0.717, 1.165) is 13.6 Å². The molecule has 0 aliphatic heterocycles.